The molecule has 0 aromatic heterocycles. The van der Waals surface area contributed by atoms with E-state index in [9.17, 15) is 10.5 Å². The molecule has 0 spiro atoms. The summed E-state index contributed by atoms with van der Waals surface area (Å²) < 4.78 is 0.983. The van der Waals surface area contributed by atoms with Crippen molar-refractivity contribution in [2.24, 2.45) is 17.3 Å². The Kier molecular flexibility index (Phi) is 4.66. The standard InChI is InChI=1S/C18H17BrN2/c1-3-13-5-8-15(4-2)18(11-20,12-21)17(13)14-6-9-16(19)10-7-14/h3-4,6-7,9-10,13,15,17H,1-2,5,8H2/t13-,15-,17+/m1/s1. The first-order valence-electron chi connectivity index (χ1n) is 6.96. The Hall–Kier alpha value is -1.84. The van der Waals surface area contributed by atoms with Crippen molar-refractivity contribution >= 4 is 15.9 Å². The molecule has 3 atom stereocenters. The summed E-state index contributed by atoms with van der Waals surface area (Å²) in [6, 6.07) is 12.5. The maximum atomic E-state index is 9.78. The van der Waals surface area contributed by atoms with Gasteiger partial charge < -0.3 is 0 Å². The molecular formula is C18H17BrN2. The zero-order valence-electron chi connectivity index (χ0n) is 11.8. The zero-order valence-corrected chi connectivity index (χ0v) is 13.4. The van der Waals surface area contributed by atoms with Crippen molar-refractivity contribution in [2.45, 2.75) is 18.8 Å². The van der Waals surface area contributed by atoms with Crippen molar-refractivity contribution in [3.63, 3.8) is 0 Å². The molecule has 1 saturated carbocycles. The fraction of sp³-hybridized carbons (Fsp3) is 0.333. The van der Waals surface area contributed by atoms with Gasteiger partial charge in [0.1, 0.15) is 0 Å². The molecule has 0 saturated heterocycles. The Labute approximate surface area is 134 Å². The minimum Gasteiger partial charge on any atom is -0.197 e. The van der Waals surface area contributed by atoms with Crippen molar-refractivity contribution in [1.82, 2.24) is 0 Å². The summed E-state index contributed by atoms with van der Waals surface area (Å²) in [7, 11) is 0. The molecule has 0 unspecified atom stereocenters. The summed E-state index contributed by atoms with van der Waals surface area (Å²) in [4.78, 5) is 0. The van der Waals surface area contributed by atoms with Crippen LogP contribution in [0.1, 0.15) is 24.3 Å². The number of allylic oxidation sites excluding steroid dienone is 2. The van der Waals surface area contributed by atoms with Crippen LogP contribution in [-0.2, 0) is 0 Å². The van der Waals surface area contributed by atoms with E-state index in [0.29, 0.717) is 0 Å². The lowest BCUT2D eigenvalue weighted by atomic mass is 9.56. The molecule has 1 aromatic carbocycles. The number of halogens is 1. The number of benzene rings is 1. The molecule has 2 rings (SSSR count). The average molecular weight is 341 g/mol. The van der Waals surface area contributed by atoms with Crippen LogP contribution in [0.4, 0.5) is 0 Å². The minimum atomic E-state index is -1.08. The van der Waals surface area contributed by atoms with E-state index >= 15 is 0 Å². The van der Waals surface area contributed by atoms with Crippen LogP contribution in [0, 0.1) is 39.9 Å². The highest BCUT2D eigenvalue weighted by atomic mass is 79.9. The fourth-order valence-electron chi connectivity index (χ4n) is 3.40. The van der Waals surface area contributed by atoms with E-state index in [1.54, 1.807) is 6.08 Å². The second kappa shape index (κ2) is 6.29. The summed E-state index contributed by atoms with van der Waals surface area (Å²) >= 11 is 3.42. The van der Waals surface area contributed by atoms with Gasteiger partial charge in [0.15, 0.2) is 5.41 Å². The van der Waals surface area contributed by atoms with Crippen LogP contribution in [0.2, 0.25) is 0 Å². The molecule has 106 valence electrons. The zero-order chi connectivity index (χ0) is 15.5. The van der Waals surface area contributed by atoms with E-state index in [1.807, 2.05) is 30.3 Å². The predicted molar refractivity (Wildman–Crippen MR) is 87.2 cm³/mol. The molecule has 3 heteroatoms. The molecule has 2 nitrogen and oxygen atoms in total. The Balaban J connectivity index is 2.61. The van der Waals surface area contributed by atoms with Gasteiger partial charge in [-0.2, -0.15) is 10.5 Å². The molecule has 1 fully saturated rings. The van der Waals surface area contributed by atoms with E-state index in [4.69, 9.17) is 0 Å². The van der Waals surface area contributed by atoms with Crippen LogP contribution >= 0.6 is 15.9 Å². The summed E-state index contributed by atoms with van der Waals surface area (Å²) in [6.07, 6.45) is 5.37. The third kappa shape index (κ3) is 2.55. The summed E-state index contributed by atoms with van der Waals surface area (Å²) in [6.45, 7) is 7.74. The fourth-order valence-corrected chi connectivity index (χ4v) is 3.67. The second-order valence-electron chi connectivity index (χ2n) is 5.44. The molecule has 0 bridgehead atoms. The highest BCUT2D eigenvalue weighted by Gasteiger charge is 2.51. The molecular weight excluding hydrogens is 324 g/mol. The topological polar surface area (TPSA) is 47.6 Å². The van der Waals surface area contributed by atoms with E-state index in [0.717, 1.165) is 22.9 Å². The van der Waals surface area contributed by atoms with Crippen molar-refractivity contribution in [3.05, 3.63) is 59.6 Å². The van der Waals surface area contributed by atoms with Crippen LogP contribution < -0.4 is 0 Å². The van der Waals surface area contributed by atoms with Crippen molar-refractivity contribution < 1.29 is 0 Å². The Morgan fingerprint density at radius 1 is 1.10 bits per heavy atom. The van der Waals surface area contributed by atoms with Crippen LogP contribution in [0.15, 0.2) is 54.0 Å². The predicted octanol–water partition coefficient (Wildman–Crippen LogP) is 4.96. The van der Waals surface area contributed by atoms with Gasteiger partial charge in [-0.3, -0.25) is 0 Å². The number of hydrogen-bond donors (Lipinski definition) is 0. The van der Waals surface area contributed by atoms with Crippen LogP contribution in [-0.4, -0.2) is 0 Å². The average Bonchev–Trinajstić information content (AvgIpc) is 2.54. The van der Waals surface area contributed by atoms with Gasteiger partial charge >= 0.3 is 0 Å². The Morgan fingerprint density at radius 2 is 1.71 bits per heavy atom. The molecule has 1 aromatic rings. The minimum absolute atomic E-state index is 0.114. The van der Waals surface area contributed by atoms with Gasteiger partial charge in [0.05, 0.1) is 12.1 Å². The Bertz CT molecular complexity index is 604. The second-order valence-corrected chi connectivity index (χ2v) is 6.36. The van der Waals surface area contributed by atoms with Gasteiger partial charge in [0.25, 0.3) is 0 Å². The van der Waals surface area contributed by atoms with Gasteiger partial charge in [0.2, 0.25) is 0 Å². The van der Waals surface area contributed by atoms with Crippen LogP contribution in [0.5, 0.6) is 0 Å². The van der Waals surface area contributed by atoms with Gasteiger partial charge in [-0.05, 0) is 36.5 Å². The maximum Gasteiger partial charge on any atom is 0.157 e. The van der Waals surface area contributed by atoms with Crippen LogP contribution in [0.25, 0.3) is 0 Å². The van der Waals surface area contributed by atoms with Crippen molar-refractivity contribution in [3.8, 4) is 12.1 Å². The third-order valence-electron chi connectivity index (χ3n) is 4.50. The number of nitriles is 2. The number of nitrogens with zero attached hydrogens (tertiary/aromatic N) is 2. The van der Waals surface area contributed by atoms with Gasteiger partial charge in [0, 0.05) is 16.3 Å². The highest BCUT2D eigenvalue weighted by molar-refractivity contribution is 9.10. The van der Waals surface area contributed by atoms with Gasteiger partial charge in [-0.15, -0.1) is 13.2 Å². The first-order chi connectivity index (χ1) is 10.1. The van der Waals surface area contributed by atoms with Crippen LogP contribution in [0.3, 0.4) is 0 Å². The first-order valence-corrected chi connectivity index (χ1v) is 7.75. The Morgan fingerprint density at radius 3 is 2.19 bits per heavy atom. The van der Waals surface area contributed by atoms with E-state index < -0.39 is 5.41 Å². The number of hydrogen-bond acceptors (Lipinski definition) is 2. The van der Waals surface area contributed by atoms with E-state index in [1.165, 1.54) is 0 Å². The third-order valence-corrected chi connectivity index (χ3v) is 5.03. The molecule has 1 aliphatic rings. The smallest absolute Gasteiger partial charge is 0.157 e. The molecule has 0 N–H and O–H groups in total. The lowest BCUT2D eigenvalue weighted by Crippen LogP contribution is -2.41. The first kappa shape index (κ1) is 15.5. The SMILES string of the molecule is C=C[C@@H]1CC[C@@H](C=C)C(C#N)(C#N)[C@@H]1c1ccc(Br)cc1. The lowest BCUT2D eigenvalue weighted by molar-refractivity contribution is 0.184. The largest absolute Gasteiger partial charge is 0.197 e. The molecule has 21 heavy (non-hydrogen) atoms. The molecule has 0 aliphatic heterocycles. The monoisotopic (exact) mass is 340 g/mol. The summed E-state index contributed by atoms with van der Waals surface area (Å²) in [5.41, 5.74) is -0.0649. The van der Waals surface area contributed by atoms with Gasteiger partial charge in [-0.1, -0.05) is 40.2 Å². The normalized spacial score (nSPS) is 27.1. The summed E-state index contributed by atoms with van der Waals surface area (Å²) in [5, 5.41) is 19.6. The molecule has 1 aliphatic carbocycles. The van der Waals surface area contributed by atoms with E-state index in [2.05, 4.69) is 41.2 Å². The van der Waals surface area contributed by atoms with Gasteiger partial charge in [-0.25, -0.2) is 0 Å². The molecule has 0 heterocycles. The maximum absolute atomic E-state index is 9.78. The van der Waals surface area contributed by atoms with Crippen molar-refractivity contribution in [1.29, 1.82) is 10.5 Å². The quantitative estimate of drug-likeness (QED) is 0.729. The highest BCUT2D eigenvalue weighted by Crippen LogP contribution is 2.53. The van der Waals surface area contributed by atoms with Crippen molar-refractivity contribution in [2.75, 3.05) is 0 Å². The molecule has 0 amide bonds. The molecule has 0 radical (unpaired) electrons. The number of rotatable bonds is 3. The van der Waals surface area contributed by atoms with E-state index in [-0.39, 0.29) is 17.8 Å². The summed E-state index contributed by atoms with van der Waals surface area (Å²) in [5.74, 6) is -0.158. The lowest BCUT2D eigenvalue weighted by Gasteiger charge is -2.43.